The summed E-state index contributed by atoms with van der Waals surface area (Å²) in [6.45, 7) is 0.0318. The van der Waals surface area contributed by atoms with Gasteiger partial charge >= 0.3 is 5.97 Å². The van der Waals surface area contributed by atoms with E-state index < -0.39 is 23.4 Å². The van der Waals surface area contributed by atoms with E-state index in [-0.39, 0.29) is 36.2 Å². The number of anilines is 1. The van der Waals surface area contributed by atoms with Crippen LogP contribution in [0, 0.1) is 10.1 Å². The third-order valence-electron chi connectivity index (χ3n) is 4.50. The molecule has 30 heavy (non-hydrogen) atoms. The van der Waals surface area contributed by atoms with E-state index in [0.29, 0.717) is 11.5 Å². The summed E-state index contributed by atoms with van der Waals surface area (Å²) in [5.74, 6) is -0.0106. The predicted octanol–water partition coefficient (Wildman–Crippen LogP) is 2.09. The Bertz CT molecular complexity index is 963. The Balaban J connectivity index is 1.53. The number of rotatable bonds is 7. The molecule has 1 amide bonds. The van der Waals surface area contributed by atoms with E-state index in [1.807, 2.05) is 12.1 Å². The monoisotopic (exact) mass is 415 g/mol. The van der Waals surface area contributed by atoms with Crippen molar-refractivity contribution in [3.63, 3.8) is 0 Å². The minimum atomic E-state index is -0.825. The summed E-state index contributed by atoms with van der Waals surface area (Å²) >= 11 is 0. The van der Waals surface area contributed by atoms with Crippen molar-refractivity contribution < 1.29 is 28.7 Å². The molecule has 0 saturated carbocycles. The maximum atomic E-state index is 12.3. The zero-order chi connectivity index (χ0) is 21.7. The first kappa shape index (κ1) is 20.9. The molecule has 0 bridgehead atoms. The number of carbonyl (C=O) groups excluding carboxylic acids is 2. The van der Waals surface area contributed by atoms with Crippen LogP contribution in [0.5, 0.6) is 11.5 Å². The summed E-state index contributed by atoms with van der Waals surface area (Å²) in [6, 6.07) is 11.1. The van der Waals surface area contributed by atoms with Gasteiger partial charge in [0.05, 0.1) is 17.0 Å². The number of carbonyl (C=O) groups is 2. The highest BCUT2D eigenvalue weighted by molar-refractivity contribution is 5.93. The predicted molar refractivity (Wildman–Crippen MR) is 107 cm³/mol. The minimum absolute atomic E-state index is 0.0169. The van der Waals surface area contributed by atoms with Crippen molar-refractivity contribution in [1.82, 2.24) is 4.90 Å². The third kappa shape index (κ3) is 4.77. The second-order valence-electron chi connectivity index (χ2n) is 6.59. The van der Waals surface area contributed by atoms with Crippen LogP contribution >= 0.6 is 0 Å². The zero-order valence-electron chi connectivity index (χ0n) is 16.5. The Morgan fingerprint density at radius 2 is 2.00 bits per heavy atom. The van der Waals surface area contributed by atoms with Gasteiger partial charge in [-0.05, 0) is 24.3 Å². The van der Waals surface area contributed by atoms with Gasteiger partial charge in [-0.3, -0.25) is 14.9 Å². The van der Waals surface area contributed by atoms with E-state index in [4.69, 9.17) is 14.2 Å². The lowest BCUT2D eigenvalue weighted by molar-refractivity contribution is -0.384. The second kappa shape index (κ2) is 9.12. The molecule has 10 heteroatoms. The van der Waals surface area contributed by atoms with Crippen molar-refractivity contribution in [3.8, 4) is 11.5 Å². The summed E-state index contributed by atoms with van der Waals surface area (Å²) < 4.78 is 16.4. The molecule has 2 aromatic rings. The van der Waals surface area contributed by atoms with E-state index in [1.165, 1.54) is 24.1 Å². The van der Waals surface area contributed by atoms with Crippen LogP contribution in [-0.4, -0.2) is 61.7 Å². The van der Waals surface area contributed by atoms with Gasteiger partial charge in [0.15, 0.2) is 24.2 Å². The fraction of sp³-hybridized carbons (Fsp3) is 0.300. The van der Waals surface area contributed by atoms with Gasteiger partial charge in [0.25, 0.3) is 11.6 Å². The number of nitrogens with zero attached hydrogens (tertiary/aromatic N) is 2. The maximum Gasteiger partial charge on any atom is 0.338 e. The SMILES string of the molecule is CNc1ccc(C(=O)OCC(=O)N(C)C[C@H]2COc3ccccc3O2)cc1[N+](=O)[O-]. The van der Waals surface area contributed by atoms with Crippen LogP contribution in [0.15, 0.2) is 42.5 Å². The highest BCUT2D eigenvalue weighted by atomic mass is 16.6. The molecular weight excluding hydrogens is 394 g/mol. The maximum absolute atomic E-state index is 12.3. The molecule has 0 spiro atoms. The summed E-state index contributed by atoms with van der Waals surface area (Å²) in [5.41, 5.74) is -0.00877. The summed E-state index contributed by atoms with van der Waals surface area (Å²) in [5, 5.41) is 13.8. The first-order chi connectivity index (χ1) is 14.4. The Morgan fingerprint density at radius 3 is 2.70 bits per heavy atom. The van der Waals surface area contributed by atoms with Crippen LogP contribution in [-0.2, 0) is 9.53 Å². The molecule has 1 heterocycles. The van der Waals surface area contributed by atoms with Crippen molar-refractivity contribution in [2.45, 2.75) is 6.10 Å². The number of fused-ring (bicyclic) bond motifs is 1. The highest BCUT2D eigenvalue weighted by Gasteiger charge is 2.24. The standard InChI is InChI=1S/C20H21N3O7/c1-21-15-8-7-13(9-16(15)23(26)27)20(25)29-12-19(24)22(2)10-14-11-28-17-5-3-4-6-18(17)30-14/h3-9,14,21H,10-12H2,1-2H3/t14-/m0/s1. The Labute approximate surface area is 172 Å². The van der Waals surface area contributed by atoms with Gasteiger partial charge in [-0.1, -0.05) is 12.1 Å². The first-order valence-electron chi connectivity index (χ1n) is 9.14. The van der Waals surface area contributed by atoms with E-state index in [2.05, 4.69) is 5.32 Å². The molecule has 158 valence electrons. The van der Waals surface area contributed by atoms with Crippen molar-refractivity contribution in [1.29, 1.82) is 0 Å². The number of ether oxygens (including phenoxy) is 3. The molecule has 0 radical (unpaired) electrons. The number of hydrogen-bond donors (Lipinski definition) is 1. The number of nitro groups is 1. The molecule has 0 aliphatic carbocycles. The minimum Gasteiger partial charge on any atom is -0.486 e. The quantitative estimate of drug-likeness (QED) is 0.415. The number of nitro benzene ring substituents is 1. The highest BCUT2D eigenvalue weighted by Crippen LogP contribution is 2.31. The lowest BCUT2D eigenvalue weighted by atomic mass is 10.1. The number of esters is 1. The number of para-hydroxylation sites is 2. The van der Waals surface area contributed by atoms with Gasteiger partial charge in [0, 0.05) is 20.2 Å². The molecule has 1 N–H and O–H groups in total. The average Bonchev–Trinajstić information content (AvgIpc) is 2.76. The van der Waals surface area contributed by atoms with Gasteiger partial charge < -0.3 is 24.4 Å². The summed E-state index contributed by atoms with van der Waals surface area (Å²) in [4.78, 5) is 36.4. The van der Waals surface area contributed by atoms with Gasteiger partial charge in [-0.15, -0.1) is 0 Å². The molecule has 0 unspecified atom stereocenters. The number of nitrogens with one attached hydrogen (secondary N) is 1. The first-order valence-corrected chi connectivity index (χ1v) is 9.14. The normalized spacial score (nSPS) is 14.5. The van der Waals surface area contributed by atoms with Gasteiger partial charge in [0.1, 0.15) is 12.3 Å². The smallest absolute Gasteiger partial charge is 0.338 e. The lowest BCUT2D eigenvalue weighted by Crippen LogP contribution is -2.43. The molecule has 1 aliphatic rings. The molecule has 1 aliphatic heterocycles. The summed E-state index contributed by atoms with van der Waals surface area (Å²) in [7, 11) is 3.10. The van der Waals surface area contributed by atoms with E-state index in [1.54, 1.807) is 19.2 Å². The number of benzene rings is 2. The Morgan fingerprint density at radius 1 is 1.27 bits per heavy atom. The van der Waals surface area contributed by atoms with Crippen LogP contribution in [0.2, 0.25) is 0 Å². The zero-order valence-corrected chi connectivity index (χ0v) is 16.5. The topological polar surface area (TPSA) is 120 Å². The van der Waals surface area contributed by atoms with Crippen molar-refractivity contribution >= 4 is 23.3 Å². The van der Waals surface area contributed by atoms with Crippen molar-refractivity contribution in [2.24, 2.45) is 0 Å². The largest absolute Gasteiger partial charge is 0.486 e. The van der Waals surface area contributed by atoms with E-state index >= 15 is 0 Å². The van der Waals surface area contributed by atoms with Gasteiger partial charge in [-0.2, -0.15) is 0 Å². The van der Waals surface area contributed by atoms with Crippen LogP contribution in [0.4, 0.5) is 11.4 Å². The number of likely N-dealkylation sites (N-methyl/N-ethyl adjacent to an activating group) is 1. The second-order valence-corrected chi connectivity index (χ2v) is 6.59. The number of hydrogen-bond acceptors (Lipinski definition) is 8. The average molecular weight is 415 g/mol. The fourth-order valence-corrected chi connectivity index (χ4v) is 2.90. The Hall–Kier alpha value is -3.82. The molecule has 0 fully saturated rings. The molecule has 3 rings (SSSR count). The molecule has 1 atom stereocenters. The lowest BCUT2D eigenvalue weighted by Gasteiger charge is -2.29. The third-order valence-corrected chi connectivity index (χ3v) is 4.50. The van der Waals surface area contributed by atoms with Crippen molar-refractivity contribution in [2.75, 3.05) is 39.2 Å². The molecular formula is C20H21N3O7. The van der Waals surface area contributed by atoms with Crippen LogP contribution in [0.3, 0.4) is 0 Å². The molecule has 2 aromatic carbocycles. The Kier molecular flexibility index (Phi) is 6.35. The van der Waals surface area contributed by atoms with E-state index in [9.17, 15) is 19.7 Å². The molecule has 10 nitrogen and oxygen atoms in total. The van der Waals surface area contributed by atoms with Crippen molar-refractivity contribution in [3.05, 3.63) is 58.1 Å². The molecule has 0 saturated heterocycles. The fourth-order valence-electron chi connectivity index (χ4n) is 2.90. The van der Waals surface area contributed by atoms with Gasteiger partial charge in [0.2, 0.25) is 0 Å². The van der Waals surface area contributed by atoms with Crippen LogP contribution in [0.1, 0.15) is 10.4 Å². The van der Waals surface area contributed by atoms with Crippen LogP contribution < -0.4 is 14.8 Å². The van der Waals surface area contributed by atoms with Crippen LogP contribution in [0.25, 0.3) is 0 Å². The summed E-state index contributed by atoms with van der Waals surface area (Å²) in [6.07, 6.45) is -0.360. The molecule has 0 aromatic heterocycles. The number of amides is 1. The van der Waals surface area contributed by atoms with E-state index in [0.717, 1.165) is 6.07 Å². The van der Waals surface area contributed by atoms with Gasteiger partial charge in [-0.25, -0.2) is 4.79 Å².